The van der Waals surface area contributed by atoms with Gasteiger partial charge in [-0.2, -0.15) is 11.3 Å². The van der Waals surface area contributed by atoms with E-state index < -0.39 is 0 Å². The molecule has 5 rings (SSSR count). The van der Waals surface area contributed by atoms with Crippen LogP contribution < -0.4 is 5.73 Å². The van der Waals surface area contributed by atoms with E-state index in [0.29, 0.717) is 6.04 Å². The van der Waals surface area contributed by atoms with Crippen LogP contribution in [-0.4, -0.2) is 0 Å². The Labute approximate surface area is 107 Å². The maximum Gasteiger partial charge on any atom is 0.0337 e. The Kier molecular flexibility index (Phi) is 2.38. The molecule has 1 heterocycles. The van der Waals surface area contributed by atoms with Gasteiger partial charge < -0.3 is 5.73 Å². The molecule has 4 aliphatic carbocycles. The molecule has 4 bridgehead atoms. The van der Waals surface area contributed by atoms with Crippen molar-refractivity contribution in [1.29, 1.82) is 0 Å². The van der Waals surface area contributed by atoms with Crippen molar-refractivity contribution in [2.75, 3.05) is 0 Å². The van der Waals surface area contributed by atoms with Crippen molar-refractivity contribution in [3.05, 3.63) is 22.4 Å². The third-order valence-electron chi connectivity index (χ3n) is 5.64. The zero-order chi connectivity index (χ0) is 11.4. The second-order valence-corrected chi connectivity index (χ2v) is 7.37. The first-order valence-electron chi connectivity index (χ1n) is 7.09. The van der Waals surface area contributed by atoms with Crippen LogP contribution in [0.15, 0.2) is 16.8 Å². The predicted octanol–water partition coefficient (Wildman–Crippen LogP) is 3.82. The molecule has 1 atom stereocenters. The molecule has 92 valence electrons. The molecule has 1 aromatic heterocycles. The fourth-order valence-electron chi connectivity index (χ4n) is 5.24. The van der Waals surface area contributed by atoms with Crippen molar-refractivity contribution in [1.82, 2.24) is 0 Å². The van der Waals surface area contributed by atoms with Crippen LogP contribution in [0.25, 0.3) is 0 Å². The summed E-state index contributed by atoms with van der Waals surface area (Å²) < 4.78 is 0. The Balaban J connectivity index is 1.62. The average molecular weight is 247 g/mol. The van der Waals surface area contributed by atoms with Gasteiger partial charge >= 0.3 is 0 Å². The van der Waals surface area contributed by atoms with Crippen LogP contribution in [0.4, 0.5) is 0 Å². The molecule has 0 aromatic carbocycles. The molecule has 4 saturated carbocycles. The Morgan fingerprint density at radius 2 is 1.71 bits per heavy atom. The highest BCUT2D eigenvalue weighted by Crippen LogP contribution is 2.58. The summed E-state index contributed by atoms with van der Waals surface area (Å²) in [6.45, 7) is 0. The number of hydrogen-bond acceptors (Lipinski definition) is 2. The summed E-state index contributed by atoms with van der Waals surface area (Å²) in [5, 5.41) is 4.43. The van der Waals surface area contributed by atoms with Crippen LogP contribution in [0.3, 0.4) is 0 Å². The van der Waals surface area contributed by atoms with Crippen molar-refractivity contribution in [2.45, 2.75) is 38.1 Å². The monoisotopic (exact) mass is 247 g/mol. The van der Waals surface area contributed by atoms with Gasteiger partial charge in [-0.3, -0.25) is 0 Å². The van der Waals surface area contributed by atoms with Gasteiger partial charge in [0.05, 0.1) is 0 Å². The molecule has 0 amide bonds. The minimum absolute atomic E-state index is 0.316. The topological polar surface area (TPSA) is 26.0 Å². The summed E-state index contributed by atoms with van der Waals surface area (Å²) >= 11 is 1.79. The number of hydrogen-bond donors (Lipinski definition) is 1. The molecule has 4 aliphatic rings. The van der Waals surface area contributed by atoms with E-state index in [-0.39, 0.29) is 0 Å². The molecule has 2 heteroatoms. The second kappa shape index (κ2) is 3.83. The van der Waals surface area contributed by atoms with E-state index in [1.54, 1.807) is 11.3 Å². The molecule has 0 saturated heterocycles. The molecule has 1 nitrogen and oxygen atoms in total. The lowest BCUT2D eigenvalue weighted by molar-refractivity contribution is -0.0471. The average Bonchev–Trinajstić information content (AvgIpc) is 2.80. The van der Waals surface area contributed by atoms with Crippen LogP contribution >= 0.6 is 11.3 Å². The lowest BCUT2D eigenvalue weighted by Crippen LogP contribution is -2.48. The Bertz CT molecular complexity index is 369. The van der Waals surface area contributed by atoms with Crippen LogP contribution in [0, 0.1) is 29.6 Å². The van der Waals surface area contributed by atoms with Crippen molar-refractivity contribution in [3.63, 3.8) is 0 Å². The van der Waals surface area contributed by atoms with E-state index in [1.807, 2.05) is 0 Å². The summed E-state index contributed by atoms with van der Waals surface area (Å²) in [6.07, 6.45) is 7.46. The van der Waals surface area contributed by atoms with Crippen molar-refractivity contribution < 1.29 is 0 Å². The zero-order valence-electron chi connectivity index (χ0n) is 10.2. The van der Waals surface area contributed by atoms with E-state index in [0.717, 1.165) is 29.6 Å². The first kappa shape index (κ1) is 10.6. The molecular weight excluding hydrogens is 226 g/mol. The molecule has 17 heavy (non-hydrogen) atoms. The van der Waals surface area contributed by atoms with Gasteiger partial charge in [-0.1, -0.05) is 0 Å². The van der Waals surface area contributed by atoms with Gasteiger partial charge in [0.2, 0.25) is 0 Å². The summed E-state index contributed by atoms with van der Waals surface area (Å²) in [6, 6.07) is 2.55. The molecule has 1 aromatic rings. The molecule has 2 N–H and O–H groups in total. The number of rotatable bonds is 2. The van der Waals surface area contributed by atoms with Gasteiger partial charge in [0, 0.05) is 6.04 Å². The van der Waals surface area contributed by atoms with Gasteiger partial charge in [0.25, 0.3) is 0 Å². The molecular formula is C15H21NS. The maximum absolute atomic E-state index is 6.57. The minimum atomic E-state index is 0.316. The maximum atomic E-state index is 6.57. The quantitative estimate of drug-likeness (QED) is 0.844. The van der Waals surface area contributed by atoms with Crippen LogP contribution in [-0.2, 0) is 0 Å². The van der Waals surface area contributed by atoms with Gasteiger partial charge in [0.1, 0.15) is 0 Å². The van der Waals surface area contributed by atoms with Gasteiger partial charge in [-0.05, 0) is 84.1 Å². The summed E-state index contributed by atoms with van der Waals surface area (Å²) in [5.41, 5.74) is 7.97. The highest BCUT2D eigenvalue weighted by molar-refractivity contribution is 7.07. The van der Waals surface area contributed by atoms with Crippen molar-refractivity contribution in [3.8, 4) is 0 Å². The standard InChI is InChI=1S/C15H21NS/c16-15(11-1-2-17-8-11)14-12-4-9-3-10(6-12)7-13(14)5-9/h1-2,8-10,12-15H,3-7,16H2. The first-order valence-corrected chi connectivity index (χ1v) is 8.03. The molecule has 0 aliphatic heterocycles. The third-order valence-corrected chi connectivity index (χ3v) is 6.34. The molecule has 0 spiro atoms. The lowest BCUT2D eigenvalue weighted by Gasteiger charge is -2.56. The highest BCUT2D eigenvalue weighted by Gasteiger charge is 2.50. The van der Waals surface area contributed by atoms with Crippen LogP contribution in [0.1, 0.15) is 43.7 Å². The first-order chi connectivity index (χ1) is 8.31. The smallest absolute Gasteiger partial charge is 0.0337 e. The summed E-state index contributed by atoms with van der Waals surface area (Å²) in [5.74, 6) is 4.80. The molecule has 0 radical (unpaired) electrons. The Morgan fingerprint density at radius 1 is 1.06 bits per heavy atom. The second-order valence-electron chi connectivity index (χ2n) is 6.59. The Morgan fingerprint density at radius 3 is 2.24 bits per heavy atom. The van der Waals surface area contributed by atoms with Crippen molar-refractivity contribution in [2.24, 2.45) is 35.3 Å². The fourth-order valence-corrected chi connectivity index (χ4v) is 5.95. The summed E-state index contributed by atoms with van der Waals surface area (Å²) in [7, 11) is 0. The van der Waals surface area contributed by atoms with Gasteiger partial charge in [-0.15, -0.1) is 0 Å². The Hall–Kier alpha value is -0.340. The van der Waals surface area contributed by atoms with E-state index in [4.69, 9.17) is 5.73 Å². The lowest BCUT2D eigenvalue weighted by atomic mass is 9.50. The largest absolute Gasteiger partial charge is 0.324 e. The summed E-state index contributed by atoms with van der Waals surface area (Å²) in [4.78, 5) is 0. The van der Waals surface area contributed by atoms with Gasteiger partial charge in [0.15, 0.2) is 0 Å². The van der Waals surface area contributed by atoms with Crippen molar-refractivity contribution >= 4 is 11.3 Å². The number of thiophene rings is 1. The molecule has 1 unspecified atom stereocenters. The normalized spacial score (nSPS) is 45.1. The SMILES string of the molecule is NC(c1ccsc1)C1C2CC3CC(C2)CC1C3. The van der Waals surface area contributed by atoms with E-state index >= 15 is 0 Å². The van der Waals surface area contributed by atoms with Gasteiger partial charge in [-0.25, -0.2) is 0 Å². The van der Waals surface area contributed by atoms with E-state index in [1.165, 1.54) is 37.7 Å². The molecule has 4 fully saturated rings. The van der Waals surface area contributed by atoms with Crippen LogP contribution in [0.5, 0.6) is 0 Å². The zero-order valence-corrected chi connectivity index (χ0v) is 11.0. The number of nitrogens with two attached hydrogens (primary N) is 1. The third kappa shape index (κ3) is 1.61. The highest BCUT2D eigenvalue weighted by atomic mass is 32.1. The minimum Gasteiger partial charge on any atom is -0.324 e. The predicted molar refractivity (Wildman–Crippen MR) is 71.8 cm³/mol. The van der Waals surface area contributed by atoms with E-state index in [2.05, 4.69) is 16.8 Å². The van der Waals surface area contributed by atoms with Crippen LogP contribution in [0.2, 0.25) is 0 Å². The van der Waals surface area contributed by atoms with E-state index in [9.17, 15) is 0 Å². The fraction of sp³-hybridized carbons (Fsp3) is 0.733.